The molecule has 0 spiro atoms. The molecule has 1 aromatic heterocycles. The number of rotatable bonds is 6. The molecule has 0 fully saturated rings. The minimum atomic E-state index is -4.05. The second kappa shape index (κ2) is 5.68. The van der Waals surface area contributed by atoms with Gasteiger partial charge in [-0.05, 0) is 12.8 Å². The molecule has 108 valence electrons. The van der Waals surface area contributed by atoms with Crippen LogP contribution in [0.4, 0.5) is 0 Å². The van der Waals surface area contributed by atoms with Gasteiger partial charge in [0.05, 0.1) is 0 Å². The van der Waals surface area contributed by atoms with Crippen molar-refractivity contribution in [3.8, 4) is 0 Å². The number of aromatic nitrogens is 2. The number of hydrogen-bond donors (Lipinski definition) is 4. The second-order valence-corrected chi connectivity index (χ2v) is 5.88. The van der Waals surface area contributed by atoms with E-state index in [1.807, 2.05) is 4.98 Å². The minimum Gasteiger partial charge on any atom is -0.329 e. The lowest BCUT2D eigenvalue weighted by molar-refractivity contribution is 0.363. The molecule has 0 amide bonds. The first-order chi connectivity index (χ1) is 8.80. The Morgan fingerprint density at radius 1 is 1.32 bits per heavy atom. The Morgan fingerprint density at radius 3 is 2.32 bits per heavy atom. The lowest BCUT2D eigenvalue weighted by atomic mass is 9.95. The summed E-state index contributed by atoms with van der Waals surface area (Å²) in [4.78, 5) is 25.8. The van der Waals surface area contributed by atoms with E-state index in [0.717, 1.165) is 6.20 Å². The Bertz CT molecular complexity index is 634. The molecule has 19 heavy (non-hydrogen) atoms. The van der Waals surface area contributed by atoms with Gasteiger partial charge in [-0.3, -0.25) is 9.78 Å². The van der Waals surface area contributed by atoms with Crippen molar-refractivity contribution in [2.24, 2.45) is 5.73 Å². The van der Waals surface area contributed by atoms with E-state index >= 15 is 0 Å². The maximum Gasteiger partial charge on any atom is 0.325 e. The molecule has 0 atom stereocenters. The highest BCUT2D eigenvalue weighted by molar-refractivity contribution is 7.89. The maximum absolute atomic E-state index is 12.1. The van der Waals surface area contributed by atoms with E-state index in [2.05, 4.69) is 9.71 Å². The summed E-state index contributed by atoms with van der Waals surface area (Å²) < 4.78 is 26.7. The molecule has 0 aliphatic heterocycles. The Morgan fingerprint density at radius 2 is 1.89 bits per heavy atom. The van der Waals surface area contributed by atoms with Crippen LogP contribution in [0, 0.1) is 0 Å². The van der Waals surface area contributed by atoms with Crippen LogP contribution in [0.3, 0.4) is 0 Å². The fourth-order valence-corrected chi connectivity index (χ4v) is 3.22. The minimum absolute atomic E-state index is 0.112. The second-order valence-electron chi connectivity index (χ2n) is 4.23. The van der Waals surface area contributed by atoms with Gasteiger partial charge in [0.2, 0.25) is 10.0 Å². The van der Waals surface area contributed by atoms with Gasteiger partial charge >= 0.3 is 5.69 Å². The lowest BCUT2D eigenvalue weighted by Crippen LogP contribution is -2.53. The van der Waals surface area contributed by atoms with Crippen LogP contribution in [0.1, 0.15) is 26.7 Å². The molecule has 1 heterocycles. The fraction of sp³-hybridized carbons (Fsp3) is 0.600. The molecule has 1 aromatic rings. The van der Waals surface area contributed by atoms with Crippen molar-refractivity contribution in [1.82, 2.24) is 14.7 Å². The standard InChI is InChI=1S/C10H18N4O4S/c1-3-10(4-2,6-11)14-19(17,18)7-5-12-9(16)13-8(7)15/h5,14H,3-4,6,11H2,1-2H3,(H2,12,13,15,16). The molecule has 8 nitrogen and oxygen atoms in total. The molecule has 0 saturated carbocycles. The van der Waals surface area contributed by atoms with Gasteiger partial charge in [-0.1, -0.05) is 13.8 Å². The zero-order valence-corrected chi connectivity index (χ0v) is 11.6. The van der Waals surface area contributed by atoms with Crippen LogP contribution >= 0.6 is 0 Å². The number of sulfonamides is 1. The highest BCUT2D eigenvalue weighted by atomic mass is 32.2. The highest BCUT2D eigenvalue weighted by Gasteiger charge is 2.32. The van der Waals surface area contributed by atoms with E-state index in [4.69, 9.17) is 5.73 Å². The topological polar surface area (TPSA) is 138 Å². The van der Waals surface area contributed by atoms with Crippen molar-refractivity contribution < 1.29 is 8.42 Å². The van der Waals surface area contributed by atoms with Gasteiger partial charge < -0.3 is 10.7 Å². The summed E-state index contributed by atoms with van der Waals surface area (Å²) in [6.45, 7) is 3.71. The summed E-state index contributed by atoms with van der Waals surface area (Å²) in [6.07, 6.45) is 1.84. The average Bonchev–Trinajstić information content (AvgIpc) is 2.35. The van der Waals surface area contributed by atoms with Crippen molar-refractivity contribution in [3.05, 3.63) is 27.0 Å². The van der Waals surface area contributed by atoms with Crippen molar-refractivity contribution in [1.29, 1.82) is 0 Å². The first-order valence-corrected chi connectivity index (χ1v) is 7.34. The third-order valence-corrected chi connectivity index (χ3v) is 4.75. The monoisotopic (exact) mass is 290 g/mol. The smallest absolute Gasteiger partial charge is 0.325 e. The number of nitrogens with two attached hydrogens (primary N) is 1. The van der Waals surface area contributed by atoms with Crippen LogP contribution in [0.25, 0.3) is 0 Å². The van der Waals surface area contributed by atoms with E-state index in [0.29, 0.717) is 12.8 Å². The average molecular weight is 290 g/mol. The third-order valence-electron chi connectivity index (χ3n) is 3.17. The van der Waals surface area contributed by atoms with Crippen molar-refractivity contribution >= 4 is 10.0 Å². The molecule has 0 radical (unpaired) electrons. The van der Waals surface area contributed by atoms with Crippen LogP contribution in [-0.4, -0.2) is 30.5 Å². The molecule has 0 unspecified atom stereocenters. The van der Waals surface area contributed by atoms with Gasteiger partial charge in [0, 0.05) is 18.3 Å². The number of aromatic amines is 2. The molecule has 0 bridgehead atoms. The predicted octanol–water partition coefficient (Wildman–Crippen LogP) is -1.14. The zero-order chi connectivity index (χ0) is 14.7. The first-order valence-electron chi connectivity index (χ1n) is 5.86. The SMILES string of the molecule is CCC(CC)(CN)NS(=O)(=O)c1c[nH]c(=O)[nH]c1=O. The van der Waals surface area contributed by atoms with Crippen molar-refractivity contribution in [3.63, 3.8) is 0 Å². The van der Waals surface area contributed by atoms with Gasteiger partial charge in [0.25, 0.3) is 5.56 Å². The van der Waals surface area contributed by atoms with Crippen LogP contribution in [0.2, 0.25) is 0 Å². The van der Waals surface area contributed by atoms with Crippen LogP contribution < -0.4 is 21.7 Å². The van der Waals surface area contributed by atoms with Gasteiger partial charge in [-0.2, -0.15) is 0 Å². The zero-order valence-electron chi connectivity index (χ0n) is 10.8. The molecule has 0 aliphatic carbocycles. The van der Waals surface area contributed by atoms with Crippen LogP contribution in [-0.2, 0) is 10.0 Å². The number of H-pyrrole nitrogens is 2. The lowest BCUT2D eigenvalue weighted by Gasteiger charge is -2.30. The van der Waals surface area contributed by atoms with Gasteiger partial charge in [0.15, 0.2) is 4.90 Å². The molecule has 5 N–H and O–H groups in total. The Labute approximate surface area is 110 Å². The summed E-state index contributed by atoms with van der Waals surface area (Å²) >= 11 is 0. The van der Waals surface area contributed by atoms with Gasteiger partial charge in [0.1, 0.15) is 0 Å². The Hall–Kier alpha value is -1.45. The molecule has 9 heteroatoms. The summed E-state index contributed by atoms with van der Waals surface area (Å²) in [5.41, 5.74) is 3.07. The van der Waals surface area contributed by atoms with Crippen LogP contribution in [0.5, 0.6) is 0 Å². The first kappa shape index (κ1) is 15.6. The van der Waals surface area contributed by atoms with E-state index in [1.54, 1.807) is 13.8 Å². The van der Waals surface area contributed by atoms with E-state index in [9.17, 15) is 18.0 Å². The highest BCUT2D eigenvalue weighted by Crippen LogP contribution is 2.16. The molecule has 0 saturated heterocycles. The summed E-state index contributed by atoms with van der Waals surface area (Å²) in [7, 11) is -4.05. The fourth-order valence-electron chi connectivity index (χ4n) is 1.66. The molecular formula is C10H18N4O4S. The van der Waals surface area contributed by atoms with Gasteiger partial charge in [-0.15, -0.1) is 0 Å². The van der Waals surface area contributed by atoms with E-state index < -0.39 is 31.7 Å². The largest absolute Gasteiger partial charge is 0.329 e. The summed E-state index contributed by atoms with van der Waals surface area (Å²) in [5, 5.41) is 0. The quantitative estimate of drug-likeness (QED) is 0.524. The number of hydrogen-bond acceptors (Lipinski definition) is 5. The van der Waals surface area contributed by atoms with Gasteiger partial charge in [-0.25, -0.2) is 17.9 Å². The third kappa shape index (κ3) is 3.31. The molecular weight excluding hydrogens is 272 g/mol. The summed E-state index contributed by atoms with van der Waals surface area (Å²) in [6, 6.07) is 0. The Kier molecular flexibility index (Phi) is 4.66. The van der Waals surface area contributed by atoms with E-state index in [-0.39, 0.29) is 6.54 Å². The van der Waals surface area contributed by atoms with E-state index in [1.165, 1.54) is 0 Å². The normalized spacial score (nSPS) is 12.6. The Balaban J connectivity index is 3.25. The predicted molar refractivity (Wildman–Crippen MR) is 70.4 cm³/mol. The molecule has 0 aromatic carbocycles. The van der Waals surface area contributed by atoms with Crippen LogP contribution in [0.15, 0.2) is 20.7 Å². The molecule has 0 aliphatic rings. The number of nitrogens with one attached hydrogen (secondary N) is 3. The molecule has 1 rings (SSSR count). The van der Waals surface area contributed by atoms with Crippen molar-refractivity contribution in [2.45, 2.75) is 37.1 Å². The summed E-state index contributed by atoms with van der Waals surface area (Å²) in [5.74, 6) is 0. The van der Waals surface area contributed by atoms with Crippen molar-refractivity contribution in [2.75, 3.05) is 6.54 Å². The maximum atomic E-state index is 12.1.